The molecule has 1 aliphatic heterocycles. The average Bonchev–Trinajstić information content (AvgIpc) is 2.55. The van der Waals surface area contributed by atoms with Crippen LogP contribution in [0.1, 0.15) is 20.8 Å². The molecule has 1 rings (SSSR count). The molecule has 0 aromatic rings. The van der Waals surface area contributed by atoms with Crippen molar-refractivity contribution in [3.05, 3.63) is 0 Å². The quantitative estimate of drug-likeness (QED) is 0.314. The highest BCUT2D eigenvalue weighted by atomic mass is 35.6. The van der Waals surface area contributed by atoms with Crippen molar-refractivity contribution in [2.45, 2.75) is 55.2 Å². The Labute approximate surface area is 180 Å². The fourth-order valence-corrected chi connectivity index (χ4v) is 2.56. The highest BCUT2D eigenvalue weighted by molar-refractivity contribution is 6.67. The monoisotopic (exact) mass is 479 g/mol. The number of ether oxygens (including phenoxy) is 5. The molecule has 0 aliphatic carbocycles. The minimum absolute atomic E-state index is 0.424. The van der Waals surface area contributed by atoms with Crippen LogP contribution in [0.15, 0.2) is 0 Å². The normalized spacial score (nSPS) is 26.8. The Kier molecular flexibility index (Phi) is 9.69. The summed E-state index contributed by atoms with van der Waals surface area (Å²) < 4.78 is 23.2. The molecular weight excluding hydrogens is 461 g/mol. The van der Waals surface area contributed by atoms with Crippen molar-refractivity contribution in [2.75, 3.05) is 13.2 Å². The van der Waals surface area contributed by atoms with Gasteiger partial charge in [0.05, 0.1) is 0 Å². The Morgan fingerprint density at radius 3 is 2.00 bits per heavy atom. The third-order valence-electron chi connectivity index (χ3n) is 3.37. The van der Waals surface area contributed by atoms with Crippen molar-refractivity contribution in [3.63, 3.8) is 0 Å². The van der Waals surface area contributed by atoms with Gasteiger partial charge in [0.2, 0.25) is 3.79 Å². The molecule has 0 aromatic carbocycles. The summed E-state index contributed by atoms with van der Waals surface area (Å²) in [6.45, 7) is 2.23. The van der Waals surface area contributed by atoms with E-state index in [-0.39, 0.29) is 0 Å². The number of alkyl halides is 3. The van der Waals surface area contributed by atoms with Gasteiger partial charge in [-0.2, -0.15) is 0 Å². The summed E-state index contributed by atoms with van der Waals surface area (Å²) in [6, 6.07) is -1.43. The van der Waals surface area contributed by atoms with Crippen LogP contribution < -0.4 is 5.32 Å². The summed E-state index contributed by atoms with van der Waals surface area (Å²) in [5.74, 6) is -2.25. The lowest BCUT2D eigenvalue weighted by molar-refractivity contribution is -0.264. The van der Waals surface area contributed by atoms with Crippen LogP contribution in [0.25, 0.3) is 0 Å². The number of nitrogens with one attached hydrogen (secondary N) is 1. The number of alkyl carbamates (subject to hydrolysis) is 1. The first-order valence-electron chi connectivity index (χ1n) is 8.11. The number of aliphatic hydroxyl groups excluding tert-OH is 1. The molecule has 3 unspecified atom stereocenters. The Morgan fingerprint density at radius 2 is 1.52 bits per heavy atom. The summed E-state index contributed by atoms with van der Waals surface area (Å²) in [4.78, 5) is 46.1. The Morgan fingerprint density at radius 1 is 0.966 bits per heavy atom. The van der Waals surface area contributed by atoms with Gasteiger partial charge in [-0.3, -0.25) is 14.4 Å². The van der Waals surface area contributed by atoms with Crippen LogP contribution >= 0.6 is 34.8 Å². The van der Waals surface area contributed by atoms with Gasteiger partial charge in [-0.05, 0) is 0 Å². The molecule has 1 aliphatic rings. The predicted octanol–water partition coefficient (Wildman–Crippen LogP) is 0.595. The maximum atomic E-state index is 12.0. The SMILES string of the molecule is CC(=O)OCC1OC(O)[C@@H](NC(=O)OCC(Cl)(Cl)Cl)C(OC(C)=O)[C@H]1OC(C)=O. The maximum Gasteiger partial charge on any atom is 0.407 e. The minimum Gasteiger partial charge on any atom is -0.463 e. The van der Waals surface area contributed by atoms with Crippen LogP contribution in [0.2, 0.25) is 0 Å². The predicted molar refractivity (Wildman–Crippen MR) is 97.2 cm³/mol. The maximum absolute atomic E-state index is 12.0. The number of carbonyl (C=O) groups is 4. The fourth-order valence-electron chi connectivity index (χ4n) is 2.40. The van der Waals surface area contributed by atoms with Gasteiger partial charge in [-0.15, -0.1) is 0 Å². The lowest BCUT2D eigenvalue weighted by Gasteiger charge is -2.43. The fraction of sp³-hybridized carbons (Fsp3) is 0.733. The van der Waals surface area contributed by atoms with E-state index in [4.69, 9.17) is 58.5 Å². The Hall–Kier alpha value is -1.53. The number of rotatable bonds is 6. The van der Waals surface area contributed by atoms with Gasteiger partial charge in [0.15, 0.2) is 18.5 Å². The number of aliphatic hydroxyl groups is 1. The standard InChI is InChI=1S/C15H20Cl3NO10/c1-6(20)25-4-9-11(27-7(2)21)12(28-8(3)22)10(13(23)29-9)19-14(24)26-5-15(16,17)18/h9-13,23H,4-5H2,1-3H3,(H,19,24)/t9?,10-,11-,12?,13?/m0/s1. The average molecular weight is 481 g/mol. The number of hydrogen-bond acceptors (Lipinski definition) is 10. The summed E-state index contributed by atoms with van der Waals surface area (Å²) in [7, 11) is 0. The minimum atomic E-state index is -1.89. The van der Waals surface area contributed by atoms with Crippen molar-refractivity contribution >= 4 is 58.8 Å². The van der Waals surface area contributed by atoms with Gasteiger partial charge in [0, 0.05) is 20.8 Å². The molecule has 0 aromatic heterocycles. The van der Waals surface area contributed by atoms with Gasteiger partial charge in [-0.25, -0.2) is 4.79 Å². The van der Waals surface area contributed by atoms with Crippen LogP contribution in [0.4, 0.5) is 4.79 Å². The van der Waals surface area contributed by atoms with E-state index in [1.165, 1.54) is 0 Å². The van der Waals surface area contributed by atoms with Crippen molar-refractivity contribution < 1.29 is 48.0 Å². The zero-order valence-corrected chi connectivity index (χ0v) is 17.8. The van der Waals surface area contributed by atoms with Gasteiger partial charge in [0.1, 0.15) is 25.4 Å². The number of esters is 3. The van der Waals surface area contributed by atoms with E-state index >= 15 is 0 Å². The summed E-state index contributed by atoms with van der Waals surface area (Å²) >= 11 is 16.5. The van der Waals surface area contributed by atoms with Gasteiger partial charge in [0.25, 0.3) is 0 Å². The Balaban J connectivity index is 3.06. The number of hydrogen-bond donors (Lipinski definition) is 2. The van der Waals surface area contributed by atoms with Crippen LogP contribution in [-0.4, -0.2) is 76.8 Å². The topological polar surface area (TPSA) is 147 Å². The first kappa shape index (κ1) is 25.5. The summed E-state index contributed by atoms with van der Waals surface area (Å²) in [5, 5.41) is 12.5. The Bertz CT molecular complexity index is 626. The van der Waals surface area contributed by atoms with E-state index in [1.807, 2.05) is 0 Å². The van der Waals surface area contributed by atoms with Gasteiger partial charge >= 0.3 is 24.0 Å². The number of amides is 1. The smallest absolute Gasteiger partial charge is 0.407 e. The lowest BCUT2D eigenvalue weighted by Crippen LogP contribution is -2.66. The molecule has 14 heteroatoms. The molecule has 1 heterocycles. The molecule has 29 heavy (non-hydrogen) atoms. The van der Waals surface area contributed by atoms with E-state index in [1.54, 1.807) is 0 Å². The molecule has 0 saturated carbocycles. The van der Waals surface area contributed by atoms with Crippen molar-refractivity contribution in [3.8, 4) is 0 Å². The highest BCUT2D eigenvalue weighted by Gasteiger charge is 2.50. The van der Waals surface area contributed by atoms with Crippen LogP contribution in [0.3, 0.4) is 0 Å². The zero-order valence-electron chi connectivity index (χ0n) is 15.6. The van der Waals surface area contributed by atoms with Crippen LogP contribution in [0.5, 0.6) is 0 Å². The highest BCUT2D eigenvalue weighted by Crippen LogP contribution is 2.27. The molecule has 0 spiro atoms. The second kappa shape index (κ2) is 11.0. The van der Waals surface area contributed by atoms with E-state index in [0.29, 0.717) is 0 Å². The molecule has 1 fully saturated rings. The largest absolute Gasteiger partial charge is 0.463 e. The van der Waals surface area contributed by atoms with Crippen LogP contribution in [-0.2, 0) is 38.1 Å². The molecule has 1 amide bonds. The van der Waals surface area contributed by atoms with Crippen molar-refractivity contribution in [2.24, 2.45) is 0 Å². The van der Waals surface area contributed by atoms with E-state index in [0.717, 1.165) is 20.8 Å². The number of halogens is 3. The van der Waals surface area contributed by atoms with Crippen molar-refractivity contribution in [1.82, 2.24) is 5.32 Å². The molecule has 5 atom stereocenters. The molecule has 0 radical (unpaired) electrons. The second-order valence-electron chi connectivity index (χ2n) is 5.88. The first-order chi connectivity index (χ1) is 13.3. The molecule has 11 nitrogen and oxygen atoms in total. The number of carbonyl (C=O) groups excluding carboxylic acids is 4. The van der Waals surface area contributed by atoms with E-state index in [2.05, 4.69) is 5.32 Å². The van der Waals surface area contributed by atoms with E-state index in [9.17, 15) is 24.3 Å². The third kappa shape index (κ3) is 9.22. The molecular formula is C15H20Cl3NO10. The van der Waals surface area contributed by atoms with E-state index < -0.39 is 71.7 Å². The summed E-state index contributed by atoms with van der Waals surface area (Å²) in [5.41, 5.74) is 0. The molecule has 0 bridgehead atoms. The van der Waals surface area contributed by atoms with Crippen LogP contribution in [0, 0.1) is 0 Å². The first-order valence-corrected chi connectivity index (χ1v) is 9.25. The van der Waals surface area contributed by atoms with Crippen molar-refractivity contribution in [1.29, 1.82) is 0 Å². The molecule has 2 N–H and O–H groups in total. The lowest BCUT2D eigenvalue weighted by atomic mass is 9.96. The summed E-state index contributed by atoms with van der Waals surface area (Å²) in [6.07, 6.45) is -6.84. The third-order valence-corrected chi connectivity index (χ3v) is 3.70. The second-order valence-corrected chi connectivity index (χ2v) is 8.39. The molecule has 1 saturated heterocycles. The van der Waals surface area contributed by atoms with Gasteiger partial charge < -0.3 is 34.1 Å². The zero-order chi connectivity index (χ0) is 22.4. The molecule has 166 valence electrons. The van der Waals surface area contributed by atoms with Gasteiger partial charge in [-0.1, -0.05) is 34.8 Å².